The van der Waals surface area contributed by atoms with Crippen molar-refractivity contribution < 1.29 is 18.3 Å². The number of thiazole rings is 1. The van der Waals surface area contributed by atoms with Crippen molar-refractivity contribution in [2.24, 2.45) is 0 Å². The van der Waals surface area contributed by atoms with Gasteiger partial charge in [-0.25, -0.2) is 9.37 Å². The van der Waals surface area contributed by atoms with Crippen molar-refractivity contribution in [3.05, 3.63) is 64.8 Å². The van der Waals surface area contributed by atoms with E-state index in [2.05, 4.69) is 9.88 Å². The number of furan rings is 1. The highest BCUT2D eigenvalue weighted by molar-refractivity contribution is 7.13. The van der Waals surface area contributed by atoms with Gasteiger partial charge in [-0.3, -0.25) is 9.69 Å². The van der Waals surface area contributed by atoms with Crippen molar-refractivity contribution >= 4 is 17.2 Å². The molecule has 29 heavy (non-hydrogen) atoms. The molecule has 0 aliphatic carbocycles. The van der Waals surface area contributed by atoms with Crippen molar-refractivity contribution in [3.63, 3.8) is 0 Å². The first-order chi connectivity index (χ1) is 14.1. The number of hydrogen-bond acceptors (Lipinski definition) is 6. The van der Waals surface area contributed by atoms with E-state index in [4.69, 9.17) is 9.15 Å². The Kier molecular flexibility index (Phi) is 6.03. The summed E-state index contributed by atoms with van der Waals surface area (Å²) in [6.07, 6.45) is 0. The molecule has 0 N–H and O–H groups in total. The standard InChI is InChI=1S/C21H22FN3O3S/c1-27-13-18-6-7-19(28-18)21(26)25-10-8-24(9-11-25)12-17-14-29-20(23-17)15-2-4-16(22)5-3-15/h2-7,14H,8-13H2,1H3. The van der Waals surface area contributed by atoms with Crippen LogP contribution in [0.25, 0.3) is 10.6 Å². The SMILES string of the molecule is COCc1ccc(C(=O)N2CCN(Cc3csc(-c4ccc(F)cc4)n3)CC2)o1. The number of methoxy groups -OCH3 is 1. The van der Waals surface area contributed by atoms with Crippen LogP contribution in [0.5, 0.6) is 0 Å². The van der Waals surface area contributed by atoms with Gasteiger partial charge < -0.3 is 14.1 Å². The van der Waals surface area contributed by atoms with E-state index < -0.39 is 0 Å². The van der Waals surface area contributed by atoms with E-state index in [1.165, 1.54) is 12.1 Å². The van der Waals surface area contributed by atoms with Gasteiger partial charge in [-0.1, -0.05) is 0 Å². The number of halogens is 1. The highest BCUT2D eigenvalue weighted by atomic mass is 32.1. The van der Waals surface area contributed by atoms with Crippen molar-refractivity contribution in [2.45, 2.75) is 13.2 Å². The number of benzene rings is 1. The monoisotopic (exact) mass is 415 g/mol. The first kappa shape index (κ1) is 19.8. The molecule has 3 aromatic rings. The second kappa shape index (κ2) is 8.86. The highest BCUT2D eigenvalue weighted by Crippen LogP contribution is 2.24. The summed E-state index contributed by atoms with van der Waals surface area (Å²) in [6, 6.07) is 9.86. The minimum absolute atomic E-state index is 0.0840. The van der Waals surface area contributed by atoms with Gasteiger partial charge in [0.05, 0.1) is 5.69 Å². The van der Waals surface area contributed by atoms with Gasteiger partial charge in [-0.2, -0.15) is 0 Å². The van der Waals surface area contributed by atoms with Gasteiger partial charge >= 0.3 is 0 Å². The lowest BCUT2D eigenvalue weighted by molar-refractivity contribution is 0.0590. The lowest BCUT2D eigenvalue weighted by Gasteiger charge is -2.33. The minimum Gasteiger partial charge on any atom is -0.453 e. The molecule has 1 aromatic carbocycles. The maximum Gasteiger partial charge on any atom is 0.289 e. The second-order valence-electron chi connectivity index (χ2n) is 6.92. The van der Waals surface area contributed by atoms with Crippen LogP contribution in [0.4, 0.5) is 4.39 Å². The zero-order chi connectivity index (χ0) is 20.2. The van der Waals surface area contributed by atoms with Crippen molar-refractivity contribution in [2.75, 3.05) is 33.3 Å². The summed E-state index contributed by atoms with van der Waals surface area (Å²) in [7, 11) is 1.59. The molecular formula is C21H22FN3O3S. The fraction of sp³-hybridized carbons (Fsp3) is 0.333. The Morgan fingerprint density at radius 1 is 1.17 bits per heavy atom. The Bertz CT molecular complexity index is 962. The molecule has 0 unspecified atom stereocenters. The van der Waals surface area contributed by atoms with Crippen LogP contribution in [0.1, 0.15) is 22.0 Å². The predicted octanol–water partition coefficient (Wildman–Crippen LogP) is 3.65. The molecule has 1 saturated heterocycles. The number of ether oxygens (including phenoxy) is 1. The molecular weight excluding hydrogens is 393 g/mol. The Morgan fingerprint density at radius 2 is 1.93 bits per heavy atom. The first-order valence-corrected chi connectivity index (χ1v) is 10.3. The summed E-state index contributed by atoms with van der Waals surface area (Å²) in [6.45, 7) is 3.94. The molecule has 1 amide bonds. The van der Waals surface area contributed by atoms with Gasteiger partial charge in [0, 0.05) is 50.8 Å². The summed E-state index contributed by atoms with van der Waals surface area (Å²) in [4.78, 5) is 21.4. The lowest BCUT2D eigenvalue weighted by Crippen LogP contribution is -2.48. The van der Waals surface area contributed by atoms with E-state index >= 15 is 0 Å². The first-order valence-electron chi connectivity index (χ1n) is 9.42. The molecule has 3 heterocycles. The van der Waals surface area contributed by atoms with Crippen LogP contribution >= 0.6 is 11.3 Å². The third-order valence-corrected chi connectivity index (χ3v) is 5.79. The summed E-state index contributed by atoms with van der Waals surface area (Å²) in [5, 5.41) is 2.93. The number of hydrogen-bond donors (Lipinski definition) is 0. The Hall–Kier alpha value is -2.55. The number of piperazine rings is 1. The van der Waals surface area contributed by atoms with Gasteiger partial charge in [0.15, 0.2) is 5.76 Å². The smallest absolute Gasteiger partial charge is 0.289 e. The number of rotatable bonds is 6. The maximum absolute atomic E-state index is 13.1. The van der Waals surface area contributed by atoms with Crippen LogP contribution in [0, 0.1) is 5.82 Å². The van der Waals surface area contributed by atoms with Gasteiger partial charge in [-0.05, 0) is 36.4 Å². The molecule has 1 aliphatic heterocycles. The van der Waals surface area contributed by atoms with Crippen LogP contribution in [0.2, 0.25) is 0 Å². The second-order valence-corrected chi connectivity index (χ2v) is 7.78. The molecule has 1 fully saturated rings. The van der Waals surface area contributed by atoms with Crippen molar-refractivity contribution in [3.8, 4) is 10.6 Å². The lowest BCUT2D eigenvalue weighted by atomic mass is 10.2. The predicted molar refractivity (Wildman–Crippen MR) is 108 cm³/mol. The van der Waals surface area contributed by atoms with E-state index in [0.717, 1.165) is 35.9 Å². The fourth-order valence-corrected chi connectivity index (χ4v) is 4.13. The molecule has 0 radical (unpaired) electrons. The summed E-state index contributed by atoms with van der Waals surface area (Å²) < 4.78 is 23.7. The van der Waals surface area contributed by atoms with Gasteiger partial charge in [0.1, 0.15) is 23.2 Å². The quantitative estimate of drug-likeness (QED) is 0.615. The number of aromatic nitrogens is 1. The molecule has 8 heteroatoms. The van der Waals surface area contributed by atoms with Gasteiger partial charge in [0.2, 0.25) is 0 Å². The molecule has 1 aliphatic rings. The molecule has 152 valence electrons. The summed E-state index contributed by atoms with van der Waals surface area (Å²) >= 11 is 1.56. The van der Waals surface area contributed by atoms with Crippen LogP contribution in [0.3, 0.4) is 0 Å². The fourth-order valence-electron chi connectivity index (χ4n) is 3.31. The third kappa shape index (κ3) is 4.72. The third-order valence-electron chi connectivity index (χ3n) is 4.85. The Balaban J connectivity index is 1.31. The summed E-state index contributed by atoms with van der Waals surface area (Å²) in [5.41, 5.74) is 1.91. The number of carbonyl (C=O) groups excluding carboxylic acids is 1. The topological polar surface area (TPSA) is 58.8 Å². The minimum atomic E-state index is -0.248. The van der Waals surface area contributed by atoms with Gasteiger partial charge in [0.25, 0.3) is 5.91 Å². The molecule has 6 nitrogen and oxygen atoms in total. The molecule has 4 rings (SSSR count). The number of amides is 1. The molecule has 0 atom stereocenters. The van der Waals surface area contributed by atoms with Crippen molar-refractivity contribution in [1.29, 1.82) is 0 Å². The van der Waals surface area contributed by atoms with Crippen molar-refractivity contribution in [1.82, 2.24) is 14.8 Å². The zero-order valence-electron chi connectivity index (χ0n) is 16.1. The molecule has 2 aromatic heterocycles. The number of carbonyl (C=O) groups is 1. The molecule has 0 saturated carbocycles. The average molecular weight is 415 g/mol. The zero-order valence-corrected chi connectivity index (χ0v) is 17.0. The van der Waals surface area contributed by atoms with Gasteiger partial charge in [-0.15, -0.1) is 11.3 Å². The Labute approximate surface area is 172 Å². The van der Waals surface area contributed by atoms with E-state index in [1.807, 2.05) is 10.3 Å². The van der Waals surface area contributed by atoms with E-state index in [9.17, 15) is 9.18 Å². The van der Waals surface area contributed by atoms with E-state index in [1.54, 1.807) is 42.7 Å². The van der Waals surface area contributed by atoms with Crippen LogP contribution in [0.15, 0.2) is 46.2 Å². The highest BCUT2D eigenvalue weighted by Gasteiger charge is 2.24. The van der Waals surface area contributed by atoms with Crippen LogP contribution < -0.4 is 0 Å². The average Bonchev–Trinajstić information content (AvgIpc) is 3.39. The van der Waals surface area contributed by atoms with Crippen LogP contribution in [-0.4, -0.2) is 54.0 Å². The Morgan fingerprint density at radius 3 is 2.66 bits per heavy atom. The molecule has 0 bridgehead atoms. The maximum atomic E-state index is 13.1. The van der Waals surface area contributed by atoms with Crippen LogP contribution in [-0.2, 0) is 17.9 Å². The molecule has 0 spiro atoms. The van der Waals surface area contributed by atoms with E-state index in [0.29, 0.717) is 31.2 Å². The normalized spacial score (nSPS) is 15.0. The summed E-state index contributed by atoms with van der Waals surface area (Å²) in [5.74, 6) is 0.672. The van der Waals surface area contributed by atoms with E-state index in [-0.39, 0.29) is 11.7 Å². The largest absolute Gasteiger partial charge is 0.453 e. The number of nitrogens with zero attached hydrogens (tertiary/aromatic N) is 3.